The maximum atomic E-state index is 7.50. The number of fused-ring (bicyclic) bond motifs is 6. The fraction of sp³-hybridized carbons (Fsp3) is 0. The van der Waals surface area contributed by atoms with Crippen molar-refractivity contribution in [1.29, 1.82) is 0 Å². The van der Waals surface area contributed by atoms with E-state index in [4.69, 9.17) is 18.8 Å². The van der Waals surface area contributed by atoms with Gasteiger partial charge in [0.25, 0.3) is 0 Å². The topological polar surface area (TPSA) is 52.1 Å². The molecular formula is C52H60B28N2O2. The fourth-order valence-corrected chi connectivity index (χ4v) is 15.8. The van der Waals surface area contributed by atoms with Gasteiger partial charge in [-0.2, -0.15) is 0 Å². The Hall–Kier alpha value is -5.74. The molecule has 0 aliphatic rings. The lowest BCUT2D eigenvalue weighted by Crippen LogP contribution is -2.57. The molecule has 0 radical (unpaired) electrons. The second-order valence-corrected chi connectivity index (χ2v) is 26.0. The quantitative estimate of drug-likeness (QED) is 0.156. The number of hydrogen-bond donors (Lipinski definition) is 0. The number of rotatable bonds is 6. The summed E-state index contributed by atoms with van der Waals surface area (Å²) in [5, 5.41) is 3.41. The number of aromatic nitrogens is 2. The summed E-state index contributed by atoms with van der Waals surface area (Å²) in [7, 11) is 64.5. The Morgan fingerprint density at radius 1 is 0.238 bits per heavy atom. The maximum Gasteiger partial charge on any atom is 0.180 e. The molecule has 4 nitrogen and oxygen atoms in total. The van der Waals surface area contributed by atoms with Crippen LogP contribution in [0, 0.1) is 0 Å². The largest absolute Gasteiger partial charge is 0.456 e. The zero-order valence-corrected chi connectivity index (χ0v) is 56.0. The molecule has 8 aromatic carbocycles. The molecule has 3 aromatic heterocycles. The van der Waals surface area contributed by atoms with Crippen molar-refractivity contribution in [3.05, 3.63) is 24.5 Å². The van der Waals surface area contributed by atoms with E-state index in [0.29, 0.717) is 5.58 Å². The number of furan rings is 2. The minimum absolute atomic E-state index is 0.704. The van der Waals surface area contributed by atoms with E-state index in [9.17, 15) is 0 Å². The number of nitrogens with zero attached hydrogens (tertiary/aromatic N) is 2. The molecule has 32 heteroatoms. The van der Waals surface area contributed by atoms with Crippen LogP contribution < -0.4 is 153 Å². The van der Waals surface area contributed by atoms with E-state index >= 15 is 0 Å². The lowest BCUT2D eigenvalue weighted by molar-refractivity contribution is 0.667. The Kier molecular flexibility index (Phi) is 15.0. The van der Waals surface area contributed by atoms with Crippen molar-refractivity contribution in [2.24, 2.45) is 0 Å². The van der Waals surface area contributed by atoms with Crippen molar-refractivity contribution >= 4 is 417 Å². The average Bonchev–Trinajstić information content (AvgIpc) is 1.52. The standard InChI is InChI=1S/C52H60B28N2O2/c53-20-9(10-26(59)28(61)12(29(62)27(10)60)14-32(65)43(76)46(79)44(77)33(14)66)35(68)47(80)51-17(20)18-37(70)40(73)36(69)16(50(18)84-51)15-21(54)19(38(71)39(72)34(15)67)49-52-48(81-4-82-49)6-3-5(1-2-7(6)83-52)8-22(55)24(57)11(25(58)23(8)56)13-30(63)41(74)45(78)42(75)31(13)64/h1-4H,53-80H2. The molecule has 0 bridgehead atoms. The van der Waals surface area contributed by atoms with Crippen LogP contribution in [0.25, 0.3) is 111 Å². The molecule has 0 saturated carbocycles. The molecule has 0 atom stereocenters. The third-order valence-electron chi connectivity index (χ3n) is 22.7. The Bertz CT molecular complexity index is 4780. The van der Waals surface area contributed by atoms with Crippen molar-refractivity contribution in [3.63, 3.8) is 0 Å². The van der Waals surface area contributed by atoms with Crippen LogP contribution in [0.3, 0.4) is 0 Å². The highest BCUT2D eigenvalue weighted by Gasteiger charge is 2.31. The summed E-state index contributed by atoms with van der Waals surface area (Å²) in [6.07, 6.45) is 1.74. The smallest absolute Gasteiger partial charge is 0.180 e. The highest BCUT2D eigenvalue weighted by molar-refractivity contribution is 6.75. The zero-order chi connectivity index (χ0) is 61.4. The highest BCUT2D eigenvalue weighted by atomic mass is 16.3. The Morgan fingerprint density at radius 3 is 1.01 bits per heavy atom. The van der Waals surface area contributed by atoms with Crippen LogP contribution in [0.5, 0.6) is 0 Å². The van der Waals surface area contributed by atoms with E-state index < -0.39 is 0 Å². The van der Waals surface area contributed by atoms with Crippen LogP contribution in [-0.4, -0.2) is 230 Å². The number of benzene rings is 8. The summed E-state index contributed by atoms with van der Waals surface area (Å²) < 4.78 is 14.5. The van der Waals surface area contributed by atoms with Gasteiger partial charge in [-0.15, -0.1) is 38.2 Å². The van der Waals surface area contributed by atoms with E-state index in [0.717, 1.165) is 49.9 Å². The first-order valence-corrected chi connectivity index (χ1v) is 30.5. The molecule has 3 heterocycles. The molecule has 0 aliphatic carbocycles. The van der Waals surface area contributed by atoms with Gasteiger partial charge in [-0.3, -0.25) is 0 Å². The van der Waals surface area contributed by atoms with Gasteiger partial charge in [-0.05, 0) is 67.8 Å². The van der Waals surface area contributed by atoms with E-state index in [1.165, 1.54) is 208 Å². The Balaban J connectivity index is 1.11. The second-order valence-electron chi connectivity index (χ2n) is 26.0. The lowest BCUT2D eigenvalue weighted by atomic mass is 9.55. The van der Waals surface area contributed by atoms with Crippen molar-refractivity contribution < 1.29 is 8.83 Å². The molecule has 0 saturated heterocycles. The molecule has 0 unspecified atom stereocenters. The molecule has 11 rings (SSSR count). The zero-order valence-electron chi connectivity index (χ0n) is 56.0. The fourth-order valence-electron chi connectivity index (χ4n) is 15.8. The summed E-state index contributed by atoms with van der Waals surface area (Å²) in [6.45, 7) is 0. The van der Waals surface area contributed by atoms with E-state index in [-0.39, 0.29) is 0 Å². The highest BCUT2D eigenvalue weighted by Crippen LogP contribution is 2.36. The van der Waals surface area contributed by atoms with Gasteiger partial charge in [0.1, 0.15) is 254 Å². The molecule has 0 amide bonds. The first kappa shape index (κ1) is 60.0. The van der Waals surface area contributed by atoms with Crippen LogP contribution in [0.15, 0.2) is 33.4 Å². The van der Waals surface area contributed by atoms with Gasteiger partial charge in [-0.1, -0.05) is 121 Å². The molecule has 0 N–H and O–H groups in total. The summed E-state index contributed by atoms with van der Waals surface area (Å²) >= 11 is 0. The van der Waals surface area contributed by atoms with Gasteiger partial charge in [0.15, 0.2) is 5.58 Å². The lowest BCUT2D eigenvalue weighted by Gasteiger charge is -2.29. The summed E-state index contributed by atoms with van der Waals surface area (Å²) in [5.41, 5.74) is 56.0. The van der Waals surface area contributed by atoms with E-state index in [2.05, 4.69) is 238 Å². The first-order valence-electron chi connectivity index (χ1n) is 30.5. The number of hydrogen-bond acceptors (Lipinski definition) is 4. The maximum absolute atomic E-state index is 7.50. The predicted octanol–water partition coefficient (Wildman–Crippen LogP) is -34.5. The first-order chi connectivity index (χ1) is 39.4. The molecule has 0 aliphatic heterocycles. The molecule has 0 spiro atoms. The summed E-state index contributed by atoms with van der Waals surface area (Å²) in [5.74, 6) is 0. The molecule has 0 fully saturated rings. The minimum atomic E-state index is 0.704. The van der Waals surface area contributed by atoms with Crippen LogP contribution in [0.1, 0.15) is 0 Å². The van der Waals surface area contributed by atoms with Crippen molar-refractivity contribution in [1.82, 2.24) is 9.97 Å². The van der Waals surface area contributed by atoms with Crippen LogP contribution >= 0.6 is 0 Å². The Labute approximate surface area is 523 Å². The normalized spacial score (nSPS) is 11.7. The average molecular weight is 1050 g/mol. The van der Waals surface area contributed by atoms with E-state index in [1.54, 1.807) is 6.33 Å². The van der Waals surface area contributed by atoms with Gasteiger partial charge >= 0.3 is 0 Å². The minimum Gasteiger partial charge on any atom is -0.456 e. The SMILES string of the molecule is Bc1c(B)c(B)c(-c2c(B)c(B)c(-c3ccc4oc5c(-c6c(B)c(B)c(B)c(-c7c(B)c(B)c(B)c8c7oc7c(B)c(B)c(-c9c(B)c(B)c(-c%10c(B)c(B)c(B)c(B)c%10B)c(B)c9B)c(B)c78)c6B)ncnc5c4c3)c(B)c2B)c(B)c1B. The Morgan fingerprint density at radius 2 is 0.560 bits per heavy atom. The molecule has 11 aromatic rings. The van der Waals surface area contributed by atoms with Crippen LogP contribution in [0.4, 0.5) is 0 Å². The summed E-state index contributed by atoms with van der Waals surface area (Å²) in [6, 6.07) is 6.68. The van der Waals surface area contributed by atoms with Crippen molar-refractivity contribution in [2.45, 2.75) is 0 Å². The van der Waals surface area contributed by atoms with Gasteiger partial charge in [0.2, 0.25) is 0 Å². The molecule has 84 heavy (non-hydrogen) atoms. The monoisotopic (exact) mass is 1050 g/mol. The van der Waals surface area contributed by atoms with Gasteiger partial charge in [0, 0.05) is 21.7 Å². The molecular weight excluding hydrogens is 987 g/mol. The summed E-state index contributed by atoms with van der Waals surface area (Å²) in [4.78, 5) is 10.2. The molecule has 374 valence electrons. The van der Waals surface area contributed by atoms with Crippen molar-refractivity contribution in [2.75, 3.05) is 0 Å². The third-order valence-corrected chi connectivity index (χ3v) is 22.7. The second kappa shape index (κ2) is 21.0. The van der Waals surface area contributed by atoms with E-state index in [1.807, 2.05) is 0 Å². The van der Waals surface area contributed by atoms with Crippen LogP contribution in [-0.2, 0) is 0 Å². The predicted molar refractivity (Wildman–Crippen MR) is 458 cm³/mol. The van der Waals surface area contributed by atoms with Gasteiger partial charge < -0.3 is 8.83 Å². The van der Waals surface area contributed by atoms with Gasteiger partial charge in [-0.25, -0.2) is 9.97 Å². The van der Waals surface area contributed by atoms with Crippen molar-refractivity contribution in [3.8, 4) is 66.9 Å². The van der Waals surface area contributed by atoms with Gasteiger partial charge in [0.05, 0.1) is 0 Å². The third kappa shape index (κ3) is 8.22. The van der Waals surface area contributed by atoms with Crippen LogP contribution in [0.2, 0.25) is 0 Å².